The summed E-state index contributed by atoms with van der Waals surface area (Å²) < 4.78 is 0. The first-order valence-corrected chi connectivity index (χ1v) is 2.96. The molecule has 1 unspecified atom stereocenters. The van der Waals surface area contributed by atoms with Crippen LogP contribution in [0, 0.1) is 5.92 Å². The second-order valence-corrected chi connectivity index (χ2v) is 2.12. The molecule has 0 fully saturated rings. The number of hydrogen-bond donors (Lipinski definition) is 1. The van der Waals surface area contributed by atoms with Gasteiger partial charge in [0.15, 0.2) is 0 Å². The van der Waals surface area contributed by atoms with Gasteiger partial charge in [-0.15, -0.1) is 0 Å². The summed E-state index contributed by atoms with van der Waals surface area (Å²) in [5.41, 5.74) is 1.26. The minimum atomic E-state index is 0.260. The van der Waals surface area contributed by atoms with Crippen LogP contribution in [0.4, 0.5) is 0 Å². The van der Waals surface area contributed by atoms with Gasteiger partial charge in [-0.2, -0.15) is 0 Å². The standard InChI is InChI=1S/C7H14O/c1-4-6(2)7(3)5-8/h4,7-8H,5H2,1-3H3. The monoisotopic (exact) mass is 114 g/mol. The van der Waals surface area contributed by atoms with Crippen LogP contribution in [0.25, 0.3) is 0 Å². The Labute approximate surface area is 51.0 Å². The van der Waals surface area contributed by atoms with Crippen LogP contribution < -0.4 is 0 Å². The highest BCUT2D eigenvalue weighted by atomic mass is 16.3. The molecule has 1 atom stereocenters. The fraction of sp³-hybridized carbons (Fsp3) is 0.714. The lowest BCUT2D eigenvalue weighted by atomic mass is 10.0. The Balaban J connectivity index is 3.63. The van der Waals surface area contributed by atoms with E-state index in [-0.39, 0.29) is 6.61 Å². The maximum atomic E-state index is 8.60. The zero-order valence-corrected chi connectivity index (χ0v) is 5.81. The van der Waals surface area contributed by atoms with Gasteiger partial charge in [-0.25, -0.2) is 0 Å². The Kier molecular flexibility index (Phi) is 3.53. The normalized spacial score (nSPS) is 16.2. The third-order valence-corrected chi connectivity index (χ3v) is 1.51. The summed E-state index contributed by atoms with van der Waals surface area (Å²) in [5, 5.41) is 8.60. The molecule has 0 spiro atoms. The molecule has 0 bridgehead atoms. The molecule has 1 nitrogen and oxygen atoms in total. The van der Waals surface area contributed by atoms with E-state index in [9.17, 15) is 0 Å². The van der Waals surface area contributed by atoms with Gasteiger partial charge in [-0.05, 0) is 19.8 Å². The number of aliphatic hydroxyl groups excluding tert-OH is 1. The number of rotatable bonds is 2. The molecule has 0 aliphatic rings. The van der Waals surface area contributed by atoms with Crippen molar-refractivity contribution in [3.05, 3.63) is 11.6 Å². The minimum absolute atomic E-state index is 0.260. The molecule has 1 heteroatoms. The van der Waals surface area contributed by atoms with Crippen molar-refractivity contribution in [2.45, 2.75) is 20.8 Å². The highest BCUT2D eigenvalue weighted by Gasteiger charge is 1.98. The van der Waals surface area contributed by atoms with E-state index >= 15 is 0 Å². The smallest absolute Gasteiger partial charge is 0.0493 e. The summed E-state index contributed by atoms with van der Waals surface area (Å²) in [6.45, 7) is 6.29. The largest absolute Gasteiger partial charge is 0.396 e. The molecule has 0 aromatic heterocycles. The summed E-state index contributed by atoms with van der Waals surface area (Å²) in [5.74, 6) is 0.333. The van der Waals surface area contributed by atoms with Crippen molar-refractivity contribution in [1.29, 1.82) is 0 Å². The van der Waals surface area contributed by atoms with Gasteiger partial charge < -0.3 is 5.11 Å². The molecule has 0 heterocycles. The van der Waals surface area contributed by atoms with E-state index in [4.69, 9.17) is 5.11 Å². The van der Waals surface area contributed by atoms with Crippen LogP contribution in [-0.4, -0.2) is 11.7 Å². The van der Waals surface area contributed by atoms with Crippen molar-refractivity contribution in [1.82, 2.24) is 0 Å². The van der Waals surface area contributed by atoms with Crippen molar-refractivity contribution in [3.8, 4) is 0 Å². The van der Waals surface area contributed by atoms with Gasteiger partial charge in [0.2, 0.25) is 0 Å². The maximum Gasteiger partial charge on any atom is 0.0493 e. The quantitative estimate of drug-likeness (QED) is 0.540. The SMILES string of the molecule is CC=C(C)C(C)CO. The first-order valence-electron chi connectivity index (χ1n) is 2.96. The minimum Gasteiger partial charge on any atom is -0.396 e. The molecule has 0 aromatic carbocycles. The van der Waals surface area contributed by atoms with E-state index in [1.807, 2.05) is 26.8 Å². The molecule has 0 saturated heterocycles. The molecule has 0 saturated carbocycles. The number of allylic oxidation sites excluding steroid dienone is 1. The highest BCUT2D eigenvalue weighted by Crippen LogP contribution is 2.06. The zero-order chi connectivity index (χ0) is 6.57. The predicted molar refractivity (Wildman–Crippen MR) is 35.7 cm³/mol. The molecule has 0 aromatic rings. The average molecular weight is 114 g/mol. The molecular weight excluding hydrogens is 100 g/mol. The van der Waals surface area contributed by atoms with E-state index in [2.05, 4.69) is 0 Å². The number of aliphatic hydroxyl groups is 1. The Hall–Kier alpha value is -0.300. The van der Waals surface area contributed by atoms with Crippen molar-refractivity contribution in [2.75, 3.05) is 6.61 Å². The summed E-state index contributed by atoms with van der Waals surface area (Å²) in [4.78, 5) is 0. The van der Waals surface area contributed by atoms with Gasteiger partial charge in [0.1, 0.15) is 0 Å². The summed E-state index contributed by atoms with van der Waals surface area (Å²) in [7, 11) is 0. The summed E-state index contributed by atoms with van der Waals surface area (Å²) in [6, 6.07) is 0. The van der Waals surface area contributed by atoms with Crippen molar-refractivity contribution < 1.29 is 5.11 Å². The first kappa shape index (κ1) is 7.70. The van der Waals surface area contributed by atoms with Crippen molar-refractivity contribution in [2.24, 2.45) is 5.92 Å². The predicted octanol–water partition coefficient (Wildman–Crippen LogP) is 1.58. The molecule has 0 aliphatic carbocycles. The fourth-order valence-corrected chi connectivity index (χ4v) is 0.429. The molecule has 8 heavy (non-hydrogen) atoms. The fourth-order valence-electron chi connectivity index (χ4n) is 0.429. The van der Waals surface area contributed by atoms with Gasteiger partial charge in [-0.1, -0.05) is 18.6 Å². The lowest BCUT2D eigenvalue weighted by molar-refractivity contribution is 0.256. The number of hydrogen-bond acceptors (Lipinski definition) is 1. The first-order chi connectivity index (χ1) is 3.72. The van der Waals surface area contributed by atoms with Crippen molar-refractivity contribution >= 4 is 0 Å². The molecule has 0 amide bonds. The van der Waals surface area contributed by atoms with Crippen LogP contribution in [0.2, 0.25) is 0 Å². The van der Waals surface area contributed by atoms with Crippen LogP contribution in [0.5, 0.6) is 0 Å². The second-order valence-electron chi connectivity index (χ2n) is 2.12. The van der Waals surface area contributed by atoms with Crippen molar-refractivity contribution in [3.63, 3.8) is 0 Å². The summed E-state index contributed by atoms with van der Waals surface area (Å²) >= 11 is 0. The second kappa shape index (κ2) is 3.67. The van der Waals surface area contributed by atoms with E-state index in [1.54, 1.807) is 0 Å². The van der Waals surface area contributed by atoms with Crippen LogP contribution in [0.1, 0.15) is 20.8 Å². The Bertz CT molecular complexity index is 84.4. The Morgan fingerprint density at radius 1 is 1.75 bits per heavy atom. The third-order valence-electron chi connectivity index (χ3n) is 1.51. The zero-order valence-electron chi connectivity index (χ0n) is 5.81. The maximum absolute atomic E-state index is 8.60. The average Bonchev–Trinajstić information content (AvgIpc) is 1.84. The molecule has 1 N–H and O–H groups in total. The highest BCUT2D eigenvalue weighted by molar-refractivity contribution is 4.99. The van der Waals surface area contributed by atoms with E-state index in [0.717, 1.165) is 0 Å². The van der Waals surface area contributed by atoms with Crippen LogP contribution in [-0.2, 0) is 0 Å². The summed E-state index contributed by atoms with van der Waals surface area (Å²) in [6.07, 6.45) is 2.03. The van der Waals surface area contributed by atoms with Crippen LogP contribution in [0.3, 0.4) is 0 Å². The van der Waals surface area contributed by atoms with E-state index < -0.39 is 0 Å². The van der Waals surface area contributed by atoms with Gasteiger partial charge >= 0.3 is 0 Å². The lowest BCUT2D eigenvalue weighted by Gasteiger charge is -2.05. The van der Waals surface area contributed by atoms with Crippen LogP contribution in [0.15, 0.2) is 11.6 Å². The topological polar surface area (TPSA) is 20.2 Å². The molecule has 0 aliphatic heterocycles. The van der Waals surface area contributed by atoms with Gasteiger partial charge in [0, 0.05) is 6.61 Å². The Morgan fingerprint density at radius 3 is 2.38 bits per heavy atom. The van der Waals surface area contributed by atoms with E-state index in [0.29, 0.717) is 5.92 Å². The molecular formula is C7H14O. The molecule has 0 radical (unpaired) electrons. The Morgan fingerprint density at radius 2 is 2.25 bits per heavy atom. The van der Waals surface area contributed by atoms with Gasteiger partial charge in [0.25, 0.3) is 0 Å². The van der Waals surface area contributed by atoms with Gasteiger partial charge in [-0.3, -0.25) is 0 Å². The van der Waals surface area contributed by atoms with E-state index in [1.165, 1.54) is 5.57 Å². The van der Waals surface area contributed by atoms with Gasteiger partial charge in [0.05, 0.1) is 0 Å². The molecule has 0 rings (SSSR count). The third kappa shape index (κ3) is 2.12. The van der Waals surface area contributed by atoms with Crippen LogP contribution >= 0.6 is 0 Å². The lowest BCUT2D eigenvalue weighted by Crippen LogP contribution is -2.00. The molecule has 48 valence electrons.